The first-order valence-electron chi connectivity index (χ1n) is 4.65. The van der Waals surface area contributed by atoms with Crippen molar-refractivity contribution in [1.82, 2.24) is 4.98 Å². The summed E-state index contributed by atoms with van der Waals surface area (Å²) in [6, 6.07) is 3.78. The van der Waals surface area contributed by atoms with Crippen LogP contribution in [-0.2, 0) is 0 Å². The Morgan fingerprint density at radius 2 is 2.07 bits per heavy atom. The van der Waals surface area contributed by atoms with Crippen LogP contribution in [0.4, 0.5) is 5.69 Å². The average molecular weight is 204 g/mol. The molecule has 0 saturated heterocycles. The van der Waals surface area contributed by atoms with Crippen molar-refractivity contribution in [3.63, 3.8) is 0 Å². The van der Waals surface area contributed by atoms with Gasteiger partial charge in [-0.25, -0.2) is 9.78 Å². The standard InChI is InChI=1S/C11H12N2O2/c1-7-9(13(2)3)5-4-8-10(7)11(14)15-6-12-8/h4-6H,1-3H3. The molecule has 1 heterocycles. The number of aromatic nitrogens is 1. The van der Waals surface area contributed by atoms with E-state index in [1.54, 1.807) is 0 Å². The van der Waals surface area contributed by atoms with E-state index < -0.39 is 0 Å². The molecule has 0 unspecified atom stereocenters. The van der Waals surface area contributed by atoms with Gasteiger partial charge in [-0.2, -0.15) is 0 Å². The zero-order chi connectivity index (χ0) is 11.0. The Labute approximate surface area is 87.2 Å². The first-order valence-corrected chi connectivity index (χ1v) is 4.65. The second-order valence-corrected chi connectivity index (χ2v) is 3.64. The number of rotatable bonds is 1. The summed E-state index contributed by atoms with van der Waals surface area (Å²) in [7, 11) is 3.87. The van der Waals surface area contributed by atoms with Gasteiger partial charge in [-0.3, -0.25) is 0 Å². The van der Waals surface area contributed by atoms with E-state index in [2.05, 4.69) is 4.98 Å². The van der Waals surface area contributed by atoms with Crippen molar-refractivity contribution in [2.45, 2.75) is 6.92 Å². The normalized spacial score (nSPS) is 10.6. The highest BCUT2D eigenvalue weighted by Gasteiger charge is 2.09. The summed E-state index contributed by atoms with van der Waals surface area (Å²) >= 11 is 0. The lowest BCUT2D eigenvalue weighted by Crippen LogP contribution is -2.12. The third kappa shape index (κ3) is 1.48. The molecule has 0 radical (unpaired) electrons. The highest BCUT2D eigenvalue weighted by Crippen LogP contribution is 2.23. The molecule has 1 aromatic carbocycles. The summed E-state index contributed by atoms with van der Waals surface area (Å²) in [6.45, 7) is 1.90. The number of hydrogen-bond acceptors (Lipinski definition) is 4. The molecule has 78 valence electrons. The van der Waals surface area contributed by atoms with E-state index >= 15 is 0 Å². The second kappa shape index (κ2) is 3.38. The molecule has 0 aliphatic rings. The fourth-order valence-corrected chi connectivity index (χ4v) is 1.73. The molecular weight excluding hydrogens is 192 g/mol. The van der Waals surface area contributed by atoms with Gasteiger partial charge in [0.1, 0.15) is 0 Å². The quantitative estimate of drug-likeness (QED) is 0.707. The third-order valence-corrected chi connectivity index (χ3v) is 2.45. The van der Waals surface area contributed by atoms with Crippen LogP contribution in [-0.4, -0.2) is 19.1 Å². The van der Waals surface area contributed by atoms with Gasteiger partial charge in [-0.15, -0.1) is 0 Å². The summed E-state index contributed by atoms with van der Waals surface area (Å²) in [5, 5.41) is 0.559. The number of anilines is 1. The van der Waals surface area contributed by atoms with Crippen molar-refractivity contribution in [1.29, 1.82) is 0 Å². The van der Waals surface area contributed by atoms with Crippen LogP contribution in [0.3, 0.4) is 0 Å². The van der Waals surface area contributed by atoms with E-state index in [1.807, 2.05) is 38.1 Å². The van der Waals surface area contributed by atoms with Crippen LogP contribution in [0.25, 0.3) is 10.9 Å². The van der Waals surface area contributed by atoms with Gasteiger partial charge in [0.2, 0.25) is 0 Å². The van der Waals surface area contributed by atoms with Crippen LogP contribution in [0, 0.1) is 6.92 Å². The van der Waals surface area contributed by atoms with Gasteiger partial charge in [0, 0.05) is 19.8 Å². The Kier molecular flexibility index (Phi) is 2.19. The molecule has 0 amide bonds. The van der Waals surface area contributed by atoms with Crippen molar-refractivity contribution in [2.75, 3.05) is 19.0 Å². The molecule has 2 rings (SSSR count). The lowest BCUT2D eigenvalue weighted by atomic mass is 10.1. The largest absolute Gasteiger partial charge is 0.411 e. The van der Waals surface area contributed by atoms with Gasteiger partial charge in [0.25, 0.3) is 0 Å². The second-order valence-electron chi connectivity index (χ2n) is 3.64. The minimum Gasteiger partial charge on any atom is -0.411 e. The van der Waals surface area contributed by atoms with E-state index in [-0.39, 0.29) is 5.63 Å². The topological polar surface area (TPSA) is 46.3 Å². The third-order valence-electron chi connectivity index (χ3n) is 2.45. The maximum atomic E-state index is 11.5. The van der Waals surface area contributed by atoms with Gasteiger partial charge >= 0.3 is 5.63 Å². The van der Waals surface area contributed by atoms with E-state index in [1.165, 1.54) is 6.39 Å². The summed E-state index contributed by atoms with van der Waals surface area (Å²) in [6.07, 6.45) is 1.18. The fraction of sp³-hybridized carbons (Fsp3) is 0.273. The highest BCUT2D eigenvalue weighted by molar-refractivity contribution is 5.85. The molecule has 1 aromatic heterocycles. The Morgan fingerprint density at radius 3 is 2.73 bits per heavy atom. The van der Waals surface area contributed by atoms with Crippen molar-refractivity contribution in [3.8, 4) is 0 Å². The minimum atomic E-state index is -0.332. The summed E-state index contributed by atoms with van der Waals surface area (Å²) < 4.78 is 4.77. The number of fused-ring (bicyclic) bond motifs is 1. The predicted molar refractivity (Wildman–Crippen MR) is 59.3 cm³/mol. The van der Waals surface area contributed by atoms with Gasteiger partial charge in [-0.1, -0.05) is 0 Å². The number of benzene rings is 1. The molecule has 4 nitrogen and oxygen atoms in total. The Balaban J connectivity index is 2.89. The molecule has 0 spiro atoms. The van der Waals surface area contributed by atoms with Crippen molar-refractivity contribution in [3.05, 3.63) is 34.5 Å². The summed E-state index contributed by atoms with van der Waals surface area (Å²) in [4.78, 5) is 17.5. The van der Waals surface area contributed by atoms with E-state index in [9.17, 15) is 4.79 Å². The maximum Gasteiger partial charge on any atom is 0.346 e. The monoisotopic (exact) mass is 204 g/mol. The average Bonchev–Trinajstić information content (AvgIpc) is 2.17. The molecule has 2 aromatic rings. The van der Waals surface area contributed by atoms with Crippen LogP contribution in [0.1, 0.15) is 5.56 Å². The molecule has 0 fully saturated rings. The van der Waals surface area contributed by atoms with Crippen molar-refractivity contribution >= 4 is 16.6 Å². The highest BCUT2D eigenvalue weighted by atomic mass is 16.4. The molecule has 4 heteroatoms. The van der Waals surface area contributed by atoms with Crippen molar-refractivity contribution in [2.24, 2.45) is 0 Å². The Morgan fingerprint density at radius 1 is 1.33 bits per heavy atom. The number of nitrogens with zero attached hydrogens (tertiary/aromatic N) is 2. The minimum absolute atomic E-state index is 0.332. The lowest BCUT2D eigenvalue weighted by molar-refractivity contribution is 0.501. The van der Waals surface area contributed by atoms with E-state index in [4.69, 9.17) is 4.42 Å². The SMILES string of the molecule is Cc1c(N(C)C)ccc2ncoc(=O)c12. The van der Waals surface area contributed by atoms with E-state index in [0.29, 0.717) is 10.9 Å². The molecule has 15 heavy (non-hydrogen) atoms. The molecule has 0 bridgehead atoms. The van der Waals surface area contributed by atoms with Crippen LogP contribution in [0.15, 0.2) is 27.7 Å². The Hall–Kier alpha value is -1.84. The van der Waals surface area contributed by atoms with Crippen LogP contribution in [0.2, 0.25) is 0 Å². The van der Waals surface area contributed by atoms with Crippen LogP contribution in [0.5, 0.6) is 0 Å². The lowest BCUT2D eigenvalue weighted by Gasteiger charge is -2.15. The molecule has 0 aliphatic carbocycles. The zero-order valence-corrected chi connectivity index (χ0v) is 8.94. The Bertz CT molecular complexity index is 558. The van der Waals surface area contributed by atoms with Gasteiger partial charge in [-0.05, 0) is 24.6 Å². The molecule has 0 atom stereocenters. The van der Waals surface area contributed by atoms with Gasteiger partial charge in [0.05, 0.1) is 10.9 Å². The molecule has 0 saturated carbocycles. The van der Waals surface area contributed by atoms with E-state index in [0.717, 1.165) is 11.3 Å². The number of aryl methyl sites for hydroxylation is 1. The fourth-order valence-electron chi connectivity index (χ4n) is 1.73. The first-order chi connectivity index (χ1) is 7.11. The maximum absolute atomic E-state index is 11.5. The predicted octanol–water partition coefficient (Wildman–Crippen LogP) is 1.56. The summed E-state index contributed by atoms with van der Waals surface area (Å²) in [5.41, 5.74) is 2.25. The smallest absolute Gasteiger partial charge is 0.346 e. The summed E-state index contributed by atoms with van der Waals surface area (Å²) in [5.74, 6) is 0. The van der Waals surface area contributed by atoms with Crippen molar-refractivity contribution < 1.29 is 4.42 Å². The first kappa shape index (κ1) is 9.71. The van der Waals surface area contributed by atoms with Gasteiger partial charge < -0.3 is 9.32 Å². The van der Waals surface area contributed by atoms with Crippen LogP contribution >= 0.6 is 0 Å². The molecular formula is C11H12N2O2. The van der Waals surface area contributed by atoms with Crippen LogP contribution < -0.4 is 10.5 Å². The number of hydrogen-bond donors (Lipinski definition) is 0. The molecule has 0 N–H and O–H groups in total. The molecule has 0 aliphatic heterocycles. The van der Waals surface area contributed by atoms with Gasteiger partial charge in [0.15, 0.2) is 6.39 Å². The zero-order valence-electron chi connectivity index (χ0n) is 8.94.